The molecule has 0 amide bonds. The minimum Gasteiger partial charge on any atom is -0.374 e. The maximum absolute atomic E-state index is 6.09. The van der Waals surface area contributed by atoms with Gasteiger partial charge in [0.2, 0.25) is 0 Å². The minimum absolute atomic E-state index is 0.639. The lowest BCUT2D eigenvalue weighted by atomic mass is 10.1. The Morgan fingerprint density at radius 3 is 2.10 bits per heavy atom. The highest BCUT2D eigenvalue weighted by atomic mass is 28.4. The van der Waals surface area contributed by atoms with Crippen molar-refractivity contribution in [2.45, 2.75) is 39.7 Å². The zero-order valence-corrected chi connectivity index (χ0v) is 14.6. The molecule has 0 atom stereocenters. The summed E-state index contributed by atoms with van der Waals surface area (Å²) in [7, 11) is -2.48. The molecule has 0 aliphatic heterocycles. The van der Waals surface area contributed by atoms with Crippen molar-refractivity contribution in [3.05, 3.63) is 42.0 Å². The Hall–Kier alpha value is -0.943. The summed E-state index contributed by atoms with van der Waals surface area (Å²) in [6.45, 7) is 11.8. The smallest absolute Gasteiger partial charge is 0.374 e. The van der Waals surface area contributed by atoms with Crippen LogP contribution in [0.1, 0.15) is 38.3 Å². The number of hydrogen-bond acceptors (Lipinski definition) is 3. The van der Waals surface area contributed by atoms with Crippen molar-refractivity contribution >= 4 is 14.9 Å². The summed E-state index contributed by atoms with van der Waals surface area (Å²) < 4.78 is 17.8. The van der Waals surface area contributed by atoms with Gasteiger partial charge in [-0.05, 0) is 31.4 Å². The van der Waals surface area contributed by atoms with Crippen LogP contribution in [0.4, 0.5) is 0 Å². The van der Waals surface area contributed by atoms with E-state index in [0.717, 1.165) is 24.4 Å². The lowest BCUT2D eigenvalue weighted by Gasteiger charge is -2.28. The highest BCUT2D eigenvalue weighted by Crippen LogP contribution is 2.18. The molecule has 0 spiro atoms. The molecule has 4 heteroatoms. The Morgan fingerprint density at radius 2 is 1.62 bits per heavy atom. The molecule has 0 saturated carbocycles. The molecule has 0 heterocycles. The van der Waals surface area contributed by atoms with Gasteiger partial charge < -0.3 is 13.3 Å². The largest absolute Gasteiger partial charge is 0.500 e. The van der Waals surface area contributed by atoms with Crippen LogP contribution in [0.15, 0.2) is 30.8 Å². The summed E-state index contributed by atoms with van der Waals surface area (Å²) in [5, 5.41) is 0. The van der Waals surface area contributed by atoms with E-state index in [1.54, 1.807) is 0 Å². The molecule has 21 heavy (non-hydrogen) atoms. The first-order chi connectivity index (χ1) is 10.2. The summed E-state index contributed by atoms with van der Waals surface area (Å²) in [6, 6.07) is 9.26. The lowest BCUT2D eigenvalue weighted by molar-refractivity contribution is 0.0678. The van der Waals surface area contributed by atoms with E-state index in [-0.39, 0.29) is 0 Å². The van der Waals surface area contributed by atoms with Crippen LogP contribution in [-0.2, 0) is 19.7 Å². The van der Waals surface area contributed by atoms with Gasteiger partial charge in [0.15, 0.2) is 0 Å². The van der Waals surface area contributed by atoms with Crippen molar-refractivity contribution in [1.82, 2.24) is 0 Å². The molecule has 0 N–H and O–H groups in total. The number of rotatable bonds is 11. The molecule has 0 fully saturated rings. The van der Waals surface area contributed by atoms with Crippen molar-refractivity contribution in [2.75, 3.05) is 19.8 Å². The van der Waals surface area contributed by atoms with Gasteiger partial charge >= 0.3 is 8.80 Å². The molecule has 0 aliphatic rings. The molecule has 0 bridgehead atoms. The van der Waals surface area contributed by atoms with Gasteiger partial charge in [-0.25, -0.2) is 0 Å². The Balaban J connectivity index is 2.56. The Bertz CT molecular complexity index is 386. The van der Waals surface area contributed by atoms with Crippen molar-refractivity contribution < 1.29 is 13.3 Å². The van der Waals surface area contributed by atoms with Crippen LogP contribution in [0.3, 0.4) is 0 Å². The summed E-state index contributed by atoms with van der Waals surface area (Å²) in [5.74, 6) is 0. The fourth-order valence-corrected chi connectivity index (χ4v) is 4.82. The molecule has 0 aromatic heterocycles. The molecular weight excluding hydrogens is 280 g/mol. The van der Waals surface area contributed by atoms with E-state index in [1.807, 2.05) is 19.9 Å². The van der Waals surface area contributed by atoms with Crippen molar-refractivity contribution in [2.24, 2.45) is 0 Å². The van der Waals surface area contributed by atoms with Crippen LogP contribution in [0.25, 0.3) is 6.08 Å². The topological polar surface area (TPSA) is 27.7 Å². The zero-order valence-electron chi connectivity index (χ0n) is 13.6. The number of hydrogen-bond donors (Lipinski definition) is 0. The van der Waals surface area contributed by atoms with Crippen LogP contribution in [0.5, 0.6) is 0 Å². The number of benzene rings is 1. The third-order valence-corrected chi connectivity index (χ3v) is 6.43. The lowest BCUT2D eigenvalue weighted by Crippen LogP contribution is -2.46. The van der Waals surface area contributed by atoms with Gasteiger partial charge in [-0.2, -0.15) is 0 Å². The molecular formula is C17H28O3Si. The first-order valence-electron chi connectivity index (χ1n) is 7.83. The first-order valence-corrected chi connectivity index (χ1v) is 9.76. The van der Waals surface area contributed by atoms with E-state index in [4.69, 9.17) is 13.3 Å². The molecule has 0 unspecified atom stereocenters. The highest BCUT2D eigenvalue weighted by Gasteiger charge is 2.39. The van der Waals surface area contributed by atoms with Crippen LogP contribution >= 0.6 is 0 Å². The van der Waals surface area contributed by atoms with Gasteiger partial charge in [-0.1, -0.05) is 50.3 Å². The van der Waals surface area contributed by atoms with Crippen molar-refractivity contribution in [3.8, 4) is 0 Å². The second kappa shape index (κ2) is 9.90. The van der Waals surface area contributed by atoms with Crippen molar-refractivity contribution in [3.63, 3.8) is 0 Å². The van der Waals surface area contributed by atoms with E-state index in [1.165, 1.54) is 5.56 Å². The molecule has 1 aromatic rings. The molecule has 118 valence electrons. The second-order valence-corrected chi connectivity index (χ2v) is 7.58. The van der Waals surface area contributed by atoms with Crippen molar-refractivity contribution in [1.29, 1.82) is 0 Å². The fourth-order valence-electron chi connectivity index (χ4n) is 2.23. The average Bonchev–Trinajstić information content (AvgIpc) is 2.49. The Kier molecular flexibility index (Phi) is 8.53. The Morgan fingerprint density at radius 1 is 1.00 bits per heavy atom. The zero-order chi connectivity index (χ0) is 15.6. The normalized spacial score (nSPS) is 11.6. The summed E-state index contributed by atoms with van der Waals surface area (Å²) in [4.78, 5) is 0. The average molecular weight is 308 g/mol. The maximum Gasteiger partial charge on any atom is 0.500 e. The third-order valence-electron chi connectivity index (χ3n) is 3.21. The highest BCUT2D eigenvalue weighted by molar-refractivity contribution is 6.60. The third kappa shape index (κ3) is 6.14. The monoisotopic (exact) mass is 308 g/mol. The quantitative estimate of drug-likeness (QED) is 0.570. The van der Waals surface area contributed by atoms with E-state index >= 15 is 0 Å². The molecule has 0 radical (unpaired) electrons. The predicted octanol–water partition coefficient (Wildman–Crippen LogP) is 4.31. The Labute approximate surface area is 130 Å². The van der Waals surface area contributed by atoms with Crippen LogP contribution in [0, 0.1) is 0 Å². The first kappa shape index (κ1) is 18.1. The minimum atomic E-state index is -2.48. The van der Waals surface area contributed by atoms with Gasteiger partial charge in [0.05, 0.1) is 0 Å². The molecule has 3 nitrogen and oxygen atoms in total. The second-order valence-electron chi connectivity index (χ2n) is 4.84. The van der Waals surface area contributed by atoms with E-state index < -0.39 is 8.80 Å². The van der Waals surface area contributed by atoms with Gasteiger partial charge in [0, 0.05) is 25.9 Å². The standard InChI is InChI=1S/C17H28O3Si/c1-5-15-21(18-7-3,19-8-4)20-14-13-17-11-9-16(6-2)10-12-17/h6,9-12H,2,5,7-8,13-15H2,1,3-4H3. The van der Waals surface area contributed by atoms with Crippen LogP contribution < -0.4 is 0 Å². The van der Waals surface area contributed by atoms with E-state index in [0.29, 0.717) is 19.8 Å². The maximum atomic E-state index is 6.09. The molecule has 0 aliphatic carbocycles. The fraction of sp³-hybridized carbons (Fsp3) is 0.529. The predicted molar refractivity (Wildman–Crippen MR) is 90.3 cm³/mol. The molecule has 1 aromatic carbocycles. The van der Waals surface area contributed by atoms with Crippen LogP contribution in [-0.4, -0.2) is 28.6 Å². The van der Waals surface area contributed by atoms with E-state index in [2.05, 4.69) is 37.8 Å². The van der Waals surface area contributed by atoms with Gasteiger partial charge in [0.1, 0.15) is 0 Å². The van der Waals surface area contributed by atoms with Gasteiger partial charge in [-0.15, -0.1) is 0 Å². The summed E-state index contributed by atoms with van der Waals surface area (Å²) >= 11 is 0. The van der Waals surface area contributed by atoms with Gasteiger partial charge in [-0.3, -0.25) is 0 Å². The SMILES string of the molecule is C=Cc1ccc(CCO[Si](CCC)(OCC)OCC)cc1. The van der Waals surface area contributed by atoms with Gasteiger partial charge in [0.25, 0.3) is 0 Å². The molecule has 1 rings (SSSR count). The van der Waals surface area contributed by atoms with Crippen LogP contribution in [0.2, 0.25) is 6.04 Å². The van der Waals surface area contributed by atoms with E-state index in [9.17, 15) is 0 Å². The molecule has 0 saturated heterocycles. The summed E-state index contributed by atoms with van der Waals surface area (Å²) in [5.41, 5.74) is 2.39. The summed E-state index contributed by atoms with van der Waals surface area (Å²) in [6.07, 6.45) is 3.74.